The molecule has 0 N–H and O–H groups in total. The van der Waals surface area contributed by atoms with E-state index in [9.17, 15) is 9.18 Å². The van der Waals surface area contributed by atoms with Gasteiger partial charge in [0.05, 0.1) is 17.4 Å². The van der Waals surface area contributed by atoms with Crippen molar-refractivity contribution in [2.75, 3.05) is 45.8 Å². The first-order chi connectivity index (χ1) is 8.06. The lowest BCUT2D eigenvalue weighted by atomic mass is 10.2. The van der Waals surface area contributed by atoms with Crippen LogP contribution in [0.5, 0.6) is 0 Å². The largest absolute Gasteiger partial charge is 0.370 e. The van der Waals surface area contributed by atoms with E-state index in [0.717, 1.165) is 31.7 Å². The van der Waals surface area contributed by atoms with E-state index in [-0.39, 0.29) is 5.43 Å². The van der Waals surface area contributed by atoms with Gasteiger partial charge in [0.15, 0.2) is 0 Å². The second-order valence-corrected chi connectivity index (χ2v) is 4.39. The predicted molar refractivity (Wildman–Crippen MR) is 74.0 cm³/mol. The van der Waals surface area contributed by atoms with Crippen LogP contribution < -0.4 is 10.3 Å². The van der Waals surface area contributed by atoms with Crippen molar-refractivity contribution in [2.24, 2.45) is 0 Å². The van der Waals surface area contributed by atoms with Crippen molar-refractivity contribution in [2.45, 2.75) is 13.3 Å². The smallest absolute Gasteiger partial charge is 0.219 e. The number of anilines is 1. The minimum absolute atomic E-state index is 0.0191. The molecule has 5 heteroatoms. The third kappa shape index (κ3) is 4.91. The molecule has 0 spiro atoms. The minimum Gasteiger partial charge on any atom is -0.370 e. The zero-order chi connectivity index (χ0) is 13.4. The molecule has 98 valence electrons. The second kappa shape index (κ2) is 8.31. The molecule has 0 aliphatic heterocycles. The summed E-state index contributed by atoms with van der Waals surface area (Å²) >= 11 is 4.82. The van der Waals surface area contributed by atoms with E-state index in [4.69, 9.17) is 12.2 Å². The van der Waals surface area contributed by atoms with E-state index in [2.05, 4.69) is 18.9 Å². The van der Waals surface area contributed by atoms with Gasteiger partial charge < -0.3 is 9.80 Å². The number of halogens is 1. The number of hydrogen-bond acceptors (Lipinski definition) is 4. The van der Waals surface area contributed by atoms with Crippen molar-refractivity contribution < 1.29 is 4.39 Å². The van der Waals surface area contributed by atoms with E-state index in [1.54, 1.807) is 6.07 Å². The summed E-state index contributed by atoms with van der Waals surface area (Å²) < 4.78 is 9.96. The average Bonchev–Trinajstić information content (AvgIpc) is 2.35. The Hall–Kier alpha value is -0.810. The van der Waals surface area contributed by atoms with Crippen LogP contribution in [0, 0.1) is 4.51 Å². The Kier molecular flexibility index (Phi) is 7.91. The molecule has 0 bridgehead atoms. The maximum Gasteiger partial charge on any atom is 0.219 e. The van der Waals surface area contributed by atoms with Crippen LogP contribution in [0.4, 0.5) is 10.1 Å². The standard InChI is InChI=1S/C11H18N2OS.CH3F/c1-4-5-12(2)6-7-13(3)9-8-10(15)11(9)14;1-2/h8H,4-7H2,1-3H3;1H3. The molecule has 0 heterocycles. The maximum absolute atomic E-state index is 11.3. The van der Waals surface area contributed by atoms with Gasteiger partial charge in [-0.3, -0.25) is 9.18 Å². The monoisotopic (exact) mass is 260 g/mol. The van der Waals surface area contributed by atoms with E-state index >= 15 is 0 Å². The first kappa shape index (κ1) is 16.2. The number of rotatable bonds is 6. The van der Waals surface area contributed by atoms with Crippen molar-refractivity contribution in [1.29, 1.82) is 0 Å². The Labute approximate surface area is 108 Å². The maximum atomic E-state index is 11.3. The van der Waals surface area contributed by atoms with E-state index in [0.29, 0.717) is 11.7 Å². The van der Waals surface area contributed by atoms with Crippen molar-refractivity contribution in [3.63, 3.8) is 0 Å². The molecule has 0 aliphatic rings. The van der Waals surface area contributed by atoms with Gasteiger partial charge in [-0.2, -0.15) is 0 Å². The van der Waals surface area contributed by atoms with Crippen molar-refractivity contribution >= 4 is 17.9 Å². The molecule has 1 aromatic carbocycles. The first-order valence-electron chi connectivity index (χ1n) is 5.64. The van der Waals surface area contributed by atoms with Gasteiger partial charge in [-0.05, 0) is 26.1 Å². The molecule has 0 unspecified atom stereocenters. The van der Waals surface area contributed by atoms with Gasteiger partial charge >= 0.3 is 0 Å². The number of hydrogen-bond donors (Lipinski definition) is 0. The molecule has 0 radical (unpaired) electrons. The second-order valence-electron chi connectivity index (χ2n) is 3.95. The molecular formula is C12H21FN2OS. The van der Waals surface area contributed by atoms with Gasteiger partial charge in [-0.15, -0.1) is 0 Å². The molecule has 0 aromatic heterocycles. The van der Waals surface area contributed by atoms with Crippen LogP contribution in [-0.4, -0.2) is 45.8 Å². The van der Waals surface area contributed by atoms with Crippen molar-refractivity contribution in [1.82, 2.24) is 4.90 Å². The Morgan fingerprint density at radius 1 is 1.24 bits per heavy atom. The van der Waals surface area contributed by atoms with Gasteiger partial charge in [0, 0.05) is 20.1 Å². The molecule has 0 amide bonds. The zero-order valence-electron chi connectivity index (χ0n) is 11.0. The molecule has 0 atom stereocenters. The molecule has 0 fully saturated rings. The third-order valence-electron chi connectivity index (χ3n) is 2.56. The summed E-state index contributed by atoms with van der Waals surface area (Å²) in [7, 11) is 4.53. The topological polar surface area (TPSA) is 23.6 Å². The lowest BCUT2D eigenvalue weighted by molar-refractivity contribution is 0.342. The van der Waals surface area contributed by atoms with Crippen LogP contribution in [0.2, 0.25) is 0 Å². The van der Waals surface area contributed by atoms with Gasteiger partial charge in [0.1, 0.15) is 0 Å². The van der Waals surface area contributed by atoms with Crippen LogP contribution in [0.25, 0.3) is 0 Å². The van der Waals surface area contributed by atoms with Crippen LogP contribution in [0.3, 0.4) is 0 Å². The molecule has 0 aliphatic carbocycles. The number of nitrogens with zero attached hydrogens (tertiary/aromatic N) is 2. The van der Waals surface area contributed by atoms with Crippen LogP contribution >= 0.6 is 12.2 Å². The van der Waals surface area contributed by atoms with Crippen molar-refractivity contribution in [3.8, 4) is 0 Å². The molecule has 0 saturated carbocycles. The summed E-state index contributed by atoms with van der Waals surface area (Å²) in [6.45, 7) is 5.11. The van der Waals surface area contributed by atoms with E-state index < -0.39 is 0 Å². The van der Waals surface area contributed by atoms with E-state index in [1.807, 2.05) is 11.9 Å². The third-order valence-corrected chi connectivity index (χ3v) is 2.86. The first-order valence-corrected chi connectivity index (χ1v) is 6.05. The molecule has 17 heavy (non-hydrogen) atoms. The van der Waals surface area contributed by atoms with Crippen LogP contribution in [-0.2, 0) is 0 Å². The molecule has 3 nitrogen and oxygen atoms in total. The molecule has 1 rings (SSSR count). The lowest BCUT2D eigenvalue weighted by Crippen LogP contribution is -2.34. The van der Waals surface area contributed by atoms with Crippen molar-refractivity contribution in [3.05, 3.63) is 20.8 Å². The highest BCUT2D eigenvalue weighted by atomic mass is 32.1. The summed E-state index contributed by atoms with van der Waals surface area (Å²) in [4.78, 5) is 15.5. The Balaban J connectivity index is 0.00000121. The highest BCUT2D eigenvalue weighted by Crippen LogP contribution is 2.09. The number of likely N-dealkylation sites (N-methyl/N-ethyl adjacent to an activating group) is 2. The van der Waals surface area contributed by atoms with E-state index in [1.165, 1.54) is 0 Å². The van der Waals surface area contributed by atoms with Gasteiger partial charge in [0.2, 0.25) is 5.43 Å². The lowest BCUT2D eigenvalue weighted by Gasteiger charge is -2.23. The quantitative estimate of drug-likeness (QED) is 0.730. The summed E-state index contributed by atoms with van der Waals surface area (Å²) in [5.41, 5.74) is 0.774. The molecular weight excluding hydrogens is 239 g/mol. The normalized spacial score (nSPS) is 10.2. The molecule has 0 saturated heterocycles. The zero-order valence-corrected chi connectivity index (χ0v) is 11.8. The fourth-order valence-electron chi connectivity index (χ4n) is 1.52. The fourth-order valence-corrected chi connectivity index (χ4v) is 1.74. The van der Waals surface area contributed by atoms with Crippen LogP contribution in [0.15, 0.2) is 10.9 Å². The van der Waals surface area contributed by atoms with Gasteiger partial charge in [-0.25, -0.2) is 0 Å². The molecule has 1 aromatic rings. The van der Waals surface area contributed by atoms with Gasteiger partial charge in [0.25, 0.3) is 0 Å². The SMILES string of the molecule is CCCN(C)CCN(C)c1cc(=S)c1=O.CF. The van der Waals surface area contributed by atoms with Crippen LogP contribution in [0.1, 0.15) is 13.3 Å². The highest BCUT2D eigenvalue weighted by Gasteiger charge is 2.11. The predicted octanol–water partition coefficient (Wildman–Crippen LogP) is 2.02. The average molecular weight is 260 g/mol. The highest BCUT2D eigenvalue weighted by molar-refractivity contribution is 7.71. The summed E-state index contributed by atoms with van der Waals surface area (Å²) in [5.74, 6) is 0. The van der Waals surface area contributed by atoms with Gasteiger partial charge in [-0.1, -0.05) is 19.1 Å². The minimum atomic E-state index is 0.0191. The summed E-state index contributed by atoms with van der Waals surface area (Å²) in [6, 6.07) is 1.78. The Morgan fingerprint density at radius 3 is 2.24 bits per heavy atom. The Bertz CT molecular complexity index is 387. The fraction of sp³-hybridized carbons (Fsp3) is 0.667. The Morgan fingerprint density at radius 2 is 1.82 bits per heavy atom. The number of alkyl halides is 1. The summed E-state index contributed by atoms with van der Waals surface area (Å²) in [6.07, 6.45) is 1.16. The summed E-state index contributed by atoms with van der Waals surface area (Å²) in [5, 5.41) is 0.